The van der Waals surface area contributed by atoms with Crippen molar-refractivity contribution in [2.45, 2.75) is 25.8 Å². The van der Waals surface area contributed by atoms with E-state index in [1.165, 1.54) is 12.8 Å². The first kappa shape index (κ1) is 11.1. The van der Waals surface area contributed by atoms with E-state index in [4.69, 9.17) is 21.9 Å². The Balaban J connectivity index is 2.05. The molecule has 1 fully saturated rings. The molecular weight excluding hydrogens is 236 g/mol. The van der Waals surface area contributed by atoms with Crippen LogP contribution in [0.1, 0.15) is 31.6 Å². The highest BCUT2D eigenvalue weighted by Gasteiger charge is 2.46. The smallest absolute Gasteiger partial charge is 0.134 e. The van der Waals surface area contributed by atoms with Crippen molar-refractivity contribution < 1.29 is 4.42 Å². The molecule has 3 N–H and O–H groups in total. The van der Waals surface area contributed by atoms with E-state index in [9.17, 15) is 0 Å². The Morgan fingerprint density at radius 2 is 2.18 bits per heavy atom. The summed E-state index contributed by atoms with van der Waals surface area (Å²) in [5.74, 6) is 6.54. The monoisotopic (exact) mass is 250 g/mol. The van der Waals surface area contributed by atoms with E-state index in [0.29, 0.717) is 0 Å². The van der Waals surface area contributed by atoms with Gasteiger partial charge in [-0.3, -0.25) is 5.84 Å². The molecule has 0 bridgehead atoms. The van der Waals surface area contributed by atoms with E-state index in [1.807, 2.05) is 24.3 Å². The Kier molecular flexibility index (Phi) is 2.43. The molecule has 0 radical (unpaired) electrons. The summed E-state index contributed by atoms with van der Waals surface area (Å²) in [7, 11) is 0. The Morgan fingerprint density at radius 1 is 1.41 bits per heavy atom. The molecule has 2 aromatic rings. The quantitative estimate of drug-likeness (QED) is 0.649. The lowest BCUT2D eigenvalue weighted by Gasteiger charge is -2.19. The fraction of sp³-hybridized carbons (Fsp3) is 0.385. The van der Waals surface area contributed by atoms with Gasteiger partial charge >= 0.3 is 0 Å². The topological polar surface area (TPSA) is 51.2 Å². The first-order valence-corrected chi connectivity index (χ1v) is 6.15. The van der Waals surface area contributed by atoms with E-state index < -0.39 is 0 Å². The molecule has 1 aromatic carbocycles. The predicted molar refractivity (Wildman–Crippen MR) is 68.6 cm³/mol. The molecule has 1 saturated carbocycles. The second-order valence-corrected chi connectivity index (χ2v) is 5.52. The molecule has 1 atom stereocenters. The van der Waals surface area contributed by atoms with Crippen LogP contribution >= 0.6 is 11.6 Å². The first-order chi connectivity index (χ1) is 8.12. The van der Waals surface area contributed by atoms with Gasteiger partial charge in [-0.2, -0.15) is 0 Å². The first-order valence-electron chi connectivity index (χ1n) is 5.77. The minimum Gasteiger partial charge on any atom is -0.459 e. The normalized spacial score (nSPS) is 19.5. The highest BCUT2D eigenvalue weighted by atomic mass is 35.5. The van der Waals surface area contributed by atoms with Crippen molar-refractivity contribution in [1.82, 2.24) is 5.43 Å². The average molecular weight is 251 g/mol. The predicted octanol–water partition coefficient (Wildman–Crippen LogP) is 3.39. The summed E-state index contributed by atoms with van der Waals surface area (Å²) in [6.07, 6.45) is 2.36. The van der Waals surface area contributed by atoms with Gasteiger partial charge in [0.15, 0.2) is 0 Å². The molecule has 4 heteroatoms. The zero-order chi connectivity index (χ0) is 12.0. The van der Waals surface area contributed by atoms with E-state index in [-0.39, 0.29) is 11.5 Å². The van der Waals surface area contributed by atoms with Crippen LogP contribution in [-0.2, 0) is 0 Å². The SMILES string of the molecule is CC1(C(NN)c2cc3cc(Cl)ccc3o2)CC1. The number of rotatable bonds is 3. The molecule has 0 amide bonds. The Bertz CT molecular complexity index is 560. The summed E-state index contributed by atoms with van der Waals surface area (Å²) < 4.78 is 5.84. The molecule has 3 nitrogen and oxygen atoms in total. The summed E-state index contributed by atoms with van der Waals surface area (Å²) in [4.78, 5) is 0. The van der Waals surface area contributed by atoms with Gasteiger partial charge in [0.1, 0.15) is 11.3 Å². The van der Waals surface area contributed by atoms with Crippen molar-refractivity contribution in [2.24, 2.45) is 11.3 Å². The molecule has 0 saturated heterocycles. The van der Waals surface area contributed by atoms with Crippen molar-refractivity contribution in [3.8, 4) is 0 Å². The van der Waals surface area contributed by atoms with Crippen LogP contribution in [-0.4, -0.2) is 0 Å². The zero-order valence-corrected chi connectivity index (χ0v) is 10.4. The minimum atomic E-state index is 0.0775. The number of fused-ring (bicyclic) bond motifs is 1. The van der Waals surface area contributed by atoms with Gasteiger partial charge in [-0.25, -0.2) is 5.43 Å². The second kappa shape index (κ2) is 3.73. The van der Waals surface area contributed by atoms with Gasteiger partial charge in [-0.15, -0.1) is 0 Å². The van der Waals surface area contributed by atoms with E-state index in [2.05, 4.69) is 12.3 Å². The number of hydrogen-bond donors (Lipinski definition) is 2. The van der Waals surface area contributed by atoms with Crippen LogP contribution in [0.2, 0.25) is 5.02 Å². The average Bonchev–Trinajstić information content (AvgIpc) is 2.89. The van der Waals surface area contributed by atoms with Crippen molar-refractivity contribution in [2.75, 3.05) is 0 Å². The number of hydrogen-bond acceptors (Lipinski definition) is 3. The lowest BCUT2D eigenvalue weighted by Crippen LogP contribution is -2.33. The molecule has 1 aliphatic rings. The summed E-state index contributed by atoms with van der Waals surface area (Å²) in [6.45, 7) is 2.22. The molecular formula is C13H15ClN2O. The van der Waals surface area contributed by atoms with Gasteiger partial charge < -0.3 is 4.42 Å². The molecule has 1 unspecified atom stereocenters. The van der Waals surface area contributed by atoms with Crippen LogP contribution < -0.4 is 11.3 Å². The molecule has 1 aromatic heterocycles. The third kappa shape index (κ3) is 1.84. The fourth-order valence-electron chi connectivity index (χ4n) is 2.29. The fourth-order valence-corrected chi connectivity index (χ4v) is 2.47. The molecule has 0 spiro atoms. The molecule has 3 rings (SSSR count). The van der Waals surface area contributed by atoms with Crippen LogP contribution in [0, 0.1) is 5.41 Å². The second-order valence-electron chi connectivity index (χ2n) is 5.08. The number of furan rings is 1. The van der Waals surface area contributed by atoms with Gasteiger partial charge in [0.25, 0.3) is 0 Å². The largest absolute Gasteiger partial charge is 0.459 e. The van der Waals surface area contributed by atoms with Gasteiger partial charge in [-0.1, -0.05) is 18.5 Å². The van der Waals surface area contributed by atoms with Crippen LogP contribution in [0.15, 0.2) is 28.7 Å². The standard InChI is InChI=1S/C13H15ClN2O/c1-13(4-5-13)12(16-15)11-7-8-6-9(14)2-3-10(8)17-11/h2-3,6-7,12,16H,4-5,15H2,1H3. The van der Waals surface area contributed by atoms with E-state index in [1.54, 1.807) is 0 Å². The van der Waals surface area contributed by atoms with Crippen LogP contribution in [0.25, 0.3) is 11.0 Å². The Hall–Kier alpha value is -1.03. The van der Waals surface area contributed by atoms with Gasteiger partial charge in [0.2, 0.25) is 0 Å². The van der Waals surface area contributed by atoms with Crippen molar-refractivity contribution in [3.05, 3.63) is 35.0 Å². The lowest BCUT2D eigenvalue weighted by atomic mass is 9.97. The number of nitrogens with one attached hydrogen (secondary N) is 1. The Labute approximate surface area is 105 Å². The number of hydrazine groups is 1. The molecule has 1 aliphatic carbocycles. The maximum atomic E-state index is 5.96. The molecule has 17 heavy (non-hydrogen) atoms. The summed E-state index contributed by atoms with van der Waals surface area (Å²) in [5.41, 5.74) is 3.95. The molecule has 90 valence electrons. The maximum Gasteiger partial charge on any atom is 0.134 e. The van der Waals surface area contributed by atoms with Crippen molar-refractivity contribution >= 4 is 22.6 Å². The third-order valence-electron chi connectivity index (χ3n) is 3.68. The minimum absolute atomic E-state index is 0.0775. The van der Waals surface area contributed by atoms with Crippen molar-refractivity contribution in [3.63, 3.8) is 0 Å². The molecule has 0 aliphatic heterocycles. The van der Waals surface area contributed by atoms with Gasteiger partial charge in [-0.05, 0) is 42.5 Å². The van der Waals surface area contributed by atoms with Gasteiger partial charge in [0.05, 0.1) is 6.04 Å². The third-order valence-corrected chi connectivity index (χ3v) is 3.92. The Morgan fingerprint density at radius 3 is 2.82 bits per heavy atom. The van der Waals surface area contributed by atoms with Crippen LogP contribution in [0.5, 0.6) is 0 Å². The lowest BCUT2D eigenvalue weighted by molar-refractivity contribution is 0.320. The van der Waals surface area contributed by atoms with Crippen LogP contribution in [0.3, 0.4) is 0 Å². The van der Waals surface area contributed by atoms with E-state index >= 15 is 0 Å². The zero-order valence-electron chi connectivity index (χ0n) is 9.66. The number of halogens is 1. The molecule has 1 heterocycles. The highest BCUT2D eigenvalue weighted by Crippen LogP contribution is 2.54. The highest BCUT2D eigenvalue weighted by molar-refractivity contribution is 6.31. The summed E-state index contributed by atoms with van der Waals surface area (Å²) in [6, 6.07) is 7.74. The summed E-state index contributed by atoms with van der Waals surface area (Å²) in [5, 5.41) is 1.75. The van der Waals surface area contributed by atoms with Gasteiger partial charge in [0, 0.05) is 10.4 Å². The van der Waals surface area contributed by atoms with Crippen LogP contribution in [0.4, 0.5) is 0 Å². The summed E-state index contributed by atoms with van der Waals surface area (Å²) >= 11 is 5.96. The van der Waals surface area contributed by atoms with Crippen molar-refractivity contribution in [1.29, 1.82) is 0 Å². The van der Waals surface area contributed by atoms with E-state index in [0.717, 1.165) is 21.8 Å². The number of benzene rings is 1. The maximum absolute atomic E-state index is 5.96. The number of nitrogens with two attached hydrogens (primary N) is 1.